The van der Waals surface area contributed by atoms with Crippen LogP contribution in [0.4, 0.5) is 0 Å². The minimum absolute atomic E-state index is 0.325. The van der Waals surface area contributed by atoms with E-state index in [1.165, 1.54) is 0 Å². The fraction of sp³-hybridized carbons (Fsp3) is 0.667. The van der Waals surface area contributed by atoms with Crippen molar-refractivity contribution in [1.29, 1.82) is 0 Å². The summed E-state index contributed by atoms with van der Waals surface area (Å²) in [5, 5.41) is 13.1. The SMILES string of the molecule is CNC(C)c1nnc(C)s1. The second kappa shape index (κ2) is 3.07. The molecule has 1 atom stereocenters. The highest BCUT2D eigenvalue weighted by molar-refractivity contribution is 7.11. The number of hydrogen-bond acceptors (Lipinski definition) is 4. The molecule has 1 aromatic heterocycles. The minimum atomic E-state index is 0.325. The molecule has 4 heteroatoms. The van der Waals surface area contributed by atoms with E-state index in [4.69, 9.17) is 0 Å². The van der Waals surface area contributed by atoms with Crippen LogP contribution >= 0.6 is 11.3 Å². The van der Waals surface area contributed by atoms with Crippen LogP contribution in [0.15, 0.2) is 0 Å². The first-order valence-electron chi connectivity index (χ1n) is 3.21. The third kappa shape index (κ3) is 1.52. The number of nitrogens with zero attached hydrogens (tertiary/aromatic N) is 2. The Labute approximate surface area is 64.5 Å². The Kier molecular flexibility index (Phi) is 2.34. The molecule has 10 heavy (non-hydrogen) atoms. The lowest BCUT2D eigenvalue weighted by Crippen LogP contribution is -2.11. The summed E-state index contributed by atoms with van der Waals surface area (Å²) in [6.45, 7) is 4.03. The molecule has 0 aromatic carbocycles. The van der Waals surface area contributed by atoms with E-state index in [-0.39, 0.29) is 0 Å². The van der Waals surface area contributed by atoms with Gasteiger partial charge in [-0.3, -0.25) is 0 Å². The molecular weight excluding hydrogens is 146 g/mol. The van der Waals surface area contributed by atoms with Crippen molar-refractivity contribution in [2.45, 2.75) is 19.9 Å². The summed E-state index contributed by atoms with van der Waals surface area (Å²) in [6.07, 6.45) is 0. The highest BCUT2D eigenvalue weighted by Gasteiger charge is 2.06. The van der Waals surface area contributed by atoms with Crippen molar-refractivity contribution >= 4 is 11.3 Å². The van der Waals surface area contributed by atoms with Crippen LogP contribution in [0.1, 0.15) is 23.0 Å². The number of aryl methyl sites for hydroxylation is 1. The predicted octanol–water partition coefficient (Wildman–Crippen LogP) is 1.13. The maximum absolute atomic E-state index is 3.99. The molecule has 56 valence electrons. The van der Waals surface area contributed by atoms with Gasteiger partial charge in [0.2, 0.25) is 0 Å². The van der Waals surface area contributed by atoms with Crippen LogP contribution in [-0.2, 0) is 0 Å². The lowest BCUT2D eigenvalue weighted by molar-refractivity contribution is 0.639. The van der Waals surface area contributed by atoms with Crippen molar-refractivity contribution in [3.8, 4) is 0 Å². The third-order valence-electron chi connectivity index (χ3n) is 1.35. The van der Waals surface area contributed by atoms with E-state index >= 15 is 0 Å². The van der Waals surface area contributed by atoms with Crippen LogP contribution in [0.3, 0.4) is 0 Å². The van der Waals surface area contributed by atoms with Gasteiger partial charge in [0.15, 0.2) is 0 Å². The van der Waals surface area contributed by atoms with E-state index in [0.29, 0.717) is 6.04 Å². The van der Waals surface area contributed by atoms with Crippen molar-refractivity contribution in [3.05, 3.63) is 10.0 Å². The number of rotatable bonds is 2. The molecule has 0 amide bonds. The first-order valence-corrected chi connectivity index (χ1v) is 4.03. The average molecular weight is 157 g/mol. The van der Waals surface area contributed by atoms with Gasteiger partial charge in [-0.15, -0.1) is 21.5 Å². The summed E-state index contributed by atoms with van der Waals surface area (Å²) in [5.74, 6) is 0. The molecule has 0 aliphatic carbocycles. The van der Waals surface area contributed by atoms with Gasteiger partial charge in [0, 0.05) is 0 Å². The van der Waals surface area contributed by atoms with Gasteiger partial charge in [-0.25, -0.2) is 0 Å². The summed E-state index contributed by atoms with van der Waals surface area (Å²) < 4.78 is 0. The molecule has 0 spiro atoms. The second-order valence-electron chi connectivity index (χ2n) is 2.17. The highest BCUT2D eigenvalue weighted by atomic mass is 32.1. The molecule has 1 unspecified atom stereocenters. The van der Waals surface area contributed by atoms with E-state index in [0.717, 1.165) is 10.0 Å². The highest BCUT2D eigenvalue weighted by Crippen LogP contribution is 2.15. The number of hydrogen-bond donors (Lipinski definition) is 1. The summed E-state index contributed by atoms with van der Waals surface area (Å²) in [7, 11) is 1.92. The Morgan fingerprint density at radius 2 is 2.20 bits per heavy atom. The number of nitrogens with one attached hydrogen (secondary N) is 1. The van der Waals surface area contributed by atoms with Crippen LogP contribution < -0.4 is 5.32 Å². The topological polar surface area (TPSA) is 37.8 Å². The number of aromatic nitrogens is 2. The molecular formula is C6H11N3S. The quantitative estimate of drug-likeness (QED) is 0.699. The normalized spacial score (nSPS) is 13.5. The van der Waals surface area contributed by atoms with Crippen LogP contribution in [0, 0.1) is 6.92 Å². The Bertz CT molecular complexity index is 209. The zero-order valence-electron chi connectivity index (χ0n) is 6.38. The van der Waals surface area contributed by atoms with Crippen LogP contribution in [-0.4, -0.2) is 17.2 Å². The van der Waals surface area contributed by atoms with Crippen molar-refractivity contribution in [2.24, 2.45) is 0 Å². The first-order chi connectivity index (χ1) is 4.74. The van der Waals surface area contributed by atoms with E-state index in [9.17, 15) is 0 Å². The molecule has 1 heterocycles. The summed E-state index contributed by atoms with van der Waals surface area (Å²) >= 11 is 1.64. The van der Waals surface area contributed by atoms with Crippen LogP contribution in [0.5, 0.6) is 0 Å². The van der Waals surface area contributed by atoms with Crippen LogP contribution in [0.25, 0.3) is 0 Å². The van der Waals surface area contributed by atoms with Gasteiger partial charge in [0.1, 0.15) is 10.0 Å². The van der Waals surface area contributed by atoms with Crippen molar-refractivity contribution < 1.29 is 0 Å². The van der Waals surface area contributed by atoms with Crippen molar-refractivity contribution in [3.63, 3.8) is 0 Å². The Morgan fingerprint density at radius 1 is 1.50 bits per heavy atom. The van der Waals surface area contributed by atoms with Gasteiger partial charge in [-0.2, -0.15) is 0 Å². The lowest BCUT2D eigenvalue weighted by atomic mass is 10.4. The molecule has 0 saturated carbocycles. The van der Waals surface area contributed by atoms with Gasteiger partial charge in [-0.05, 0) is 20.9 Å². The van der Waals surface area contributed by atoms with Gasteiger partial charge < -0.3 is 5.32 Å². The third-order valence-corrected chi connectivity index (χ3v) is 2.37. The summed E-state index contributed by atoms with van der Waals surface area (Å²) in [6, 6.07) is 0.325. The maximum atomic E-state index is 3.99. The Balaban J connectivity index is 2.74. The summed E-state index contributed by atoms with van der Waals surface area (Å²) in [5.41, 5.74) is 0. The smallest absolute Gasteiger partial charge is 0.134 e. The van der Waals surface area contributed by atoms with Gasteiger partial charge in [0.25, 0.3) is 0 Å². The fourth-order valence-corrected chi connectivity index (χ4v) is 1.37. The largest absolute Gasteiger partial charge is 0.311 e. The second-order valence-corrected chi connectivity index (χ2v) is 3.38. The van der Waals surface area contributed by atoms with E-state index in [1.807, 2.05) is 14.0 Å². The molecule has 0 fully saturated rings. The van der Waals surface area contributed by atoms with E-state index in [2.05, 4.69) is 22.4 Å². The molecule has 0 aliphatic heterocycles. The average Bonchev–Trinajstić information content (AvgIpc) is 2.34. The van der Waals surface area contributed by atoms with E-state index < -0.39 is 0 Å². The zero-order valence-corrected chi connectivity index (χ0v) is 7.20. The molecule has 1 rings (SSSR count). The molecule has 0 saturated heterocycles. The van der Waals surface area contributed by atoms with E-state index in [1.54, 1.807) is 11.3 Å². The van der Waals surface area contributed by atoms with Gasteiger partial charge in [-0.1, -0.05) is 0 Å². The zero-order chi connectivity index (χ0) is 7.56. The van der Waals surface area contributed by atoms with Gasteiger partial charge >= 0.3 is 0 Å². The van der Waals surface area contributed by atoms with Crippen molar-refractivity contribution in [1.82, 2.24) is 15.5 Å². The monoisotopic (exact) mass is 157 g/mol. The molecule has 3 nitrogen and oxygen atoms in total. The fourth-order valence-electron chi connectivity index (χ4n) is 0.610. The minimum Gasteiger partial charge on any atom is -0.311 e. The summed E-state index contributed by atoms with van der Waals surface area (Å²) in [4.78, 5) is 0. The molecule has 0 aliphatic rings. The first kappa shape index (κ1) is 7.63. The Morgan fingerprint density at radius 3 is 2.60 bits per heavy atom. The lowest BCUT2D eigenvalue weighted by Gasteiger charge is -2.02. The van der Waals surface area contributed by atoms with Gasteiger partial charge in [0.05, 0.1) is 6.04 Å². The molecule has 0 radical (unpaired) electrons. The van der Waals surface area contributed by atoms with Crippen molar-refractivity contribution in [2.75, 3.05) is 7.05 Å². The molecule has 1 aromatic rings. The predicted molar refractivity (Wildman–Crippen MR) is 42.1 cm³/mol. The maximum Gasteiger partial charge on any atom is 0.134 e. The molecule has 0 bridgehead atoms. The Hall–Kier alpha value is -0.480. The standard InChI is InChI=1S/C6H11N3S/c1-4(7-3)6-9-8-5(2)10-6/h4,7H,1-3H3. The molecule has 1 N–H and O–H groups in total. The van der Waals surface area contributed by atoms with Crippen LogP contribution in [0.2, 0.25) is 0 Å².